The second-order valence-electron chi connectivity index (χ2n) is 5.24. The van der Waals surface area contributed by atoms with Crippen LogP contribution in [0.25, 0.3) is 0 Å². The highest BCUT2D eigenvalue weighted by molar-refractivity contribution is 5.45. The lowest BCUT2D eigenvalue weighted by atomic mass is 9.75. The first-order valence-corrected chi connectivity index (χ1v) is 6.61. The number of aliphatic hydroxyl groups is 1. The summed E-state index contributed by atoms with van der Waals surface area (Å²) in [4.78, 5) is 0. The molecule has 2 unspecified atom stereocenters. The van der Waals surface area contributed by atoms with E-state index >= 15 is 0 Å². The monoisotopic (exact) mass is 265 g/mol. The maximum atomic E-state index is 10.7. The lowest BCUT2D eigenvalue weighted by molar-refractivity contribution is -0.0782. The Kier molecular flexibility index (Phi) is 3.35. The summed E-state index contributed by atoms with van der Waals surface area (Å²) in [5.41, 5.74) is 6.30. The van der Waals surface area contributed by atoms with Crippen molar-refractivity contribution in [2.45, 2.75) is 18.9 Å². The number of benzene rings is 1. The molecule has 2 heterocycles. The van der Waals surface area contributed by atoms with E-state index in [0.29, 0.717) is 18.9 Å². The Morgan fingerprint density at radius 3 is 2.89 bits per heavy atom. The molecule has 0 aliphatic carbocycles. The van der Waals surface area contributed by atoms with E-state index in [1.807, 2.05) is 18.2 Å². The van der Waals surface area contributed by atoms with Crippen molar-refractivity contribution < 1.29 is 19.3 Å². The van der Waals surface area contributed by atoms with Crippen LogP contribution in [0.4, 0.5) is 0 Å². The van der Waals surface area contributed by atoms with Gasteiger partial charge < -0.3 is 25.1 Å². The van der Waals surface area contributed by atoms with Crippen molar-refractivity contribution in [1.29, 1.82) is 0 Å². The zero-order chi connectivity index (χ0) is 13.3. The Hall–Kier alpha value is -1.30. The average Bonchev–Trinajstić information content (AvgIpc) is 2.94. The molecule has 0 saturated carbocycles. The molecule has 2 atom stereocenters. The quantitative estimate of drug-likeness (QED) is 0.859. The van der Waals surface area contributed by atoms with Gasteiger partial charge in [0.15, 0.2) is 11.5 Å². The van der Waals surface area contributed by atoms with Gasteiger partial charge >= 0.3 is 0 Å². The third-order valence-corrected chi connectivity index (χ3v) is 4.05. The summed E-state index contributed by atoms with van der Waals surface area (Å²) in [6.45, 7) is 1.89. The number of rotatable bonds is 3. The van der Waals surface area contributed by atoms with Gasteiger partial charge in [0.1, 0.15) is 0 Å². The Bertz CT molecular complexity index is 457. The van der Waals surface area contributed by atoms with Crippen molar-refractivity contribution in [2.24, 2.45) is 11.1 Å². The van der Waals surface area contributed by atoms with Crippen LogP contribution < -0.4 is 15.2 Å². The van der Waals surface area contributed by atoms with E-state index in [1.165, 1.54) is 0 Å². The number of nitrogens with two attached hydrogens (primary N) is 1. The lowest BCUT2D eigenvalue weighted by Crippen LogP contribution is -2.43. The molecule has 104 valence electrons. The molecular formula is C14H19NO4. The molecule has 0 spiro atoms. The Morgan fingerprint density at radius 1 is 1.32 bits per heavy atom. The second-order valence-corrected chi connectivity index (χ2v) is 5.24. The number of aliphatic hydroxyl groups excluding tert-OH is 1. The van der Waals surface area contributed by atoms with Crippen LogP contribution in [-0.4, -0.2) is 31.7 Å². The van der Waals surface area contributed by atoms with Crippen molar-refractivity contribution in [3.8, 4) is 11.5 Å². The van der Waals surface area contributed by atoms with Gasteiger partial charge in [-0.25, -0.2) is 0 Å². The van der Waals surface area contributed by atoms with Crippen LogP contribution in [0.2, 0.25) is 0 Å². The second kappa shape index (κ2) is 5.00. The van der Waals surface area contributed by atoms with Crippen LogP contribution in [0.1, 0.15) is 24.5 Å². The van der Waals surface area contributed by atoms with E-state index in [9.17, 15) is 5.11 Å². The first-order chi connectivity index (χ1) is 9.25. The molecule has 0 radical (unpaired) electrons. The highest BCUT2D eigenvalue weighted by Gasteiger charge is 2.40. The summed E-state index contributed by atoms with van der Waals surface area (Å²) in [6.07, 6.45) is 1.16. The van der Waals surface area contributed by atoms with Crippen molar-refractivity contribution in [1.82, 2.24) is 0 Å². The van der Waals surface area contributed by atoms with Crippen molar-refractivity contribution in [3.63, 3.8) is 0 Å². The maximum absolute atomic E-state index is 10.7. The molecule has 0 bridgehead atoms. The van der Waals surface area contributed by atoms with Gasteiger partial charge in [-0.1, -0.05) is 6.07 Å². The van der Waals surface area contributed by atoms with Gasteiger partial charge in [0.2, 0.25) is 6.79 Å². The molecule has 2 aliphatic rings. The van der Waals surface area contributed by atoms with Crippen LogP contribution in [0.3, 0.4) is 0 Å². The summed E-state index contributed by atoms with van der Waals surface area (Å²) in [5.74, 6) is 1.40. The molecule has 2 aliphatic heterocycles. The minimum atomic E-state index is -0.646. The highest BCUT2D eigenvalue weighted by atomic mass is 16.7. The van der Waals surface area contributed by atoms with Crippen molar-refractivity contribution >= 4 is 0 Å². The standard InChI is InChI=1S/C14H19NO4/c15-7-14(4-1-5-17-8-14)13(16)10-2-3-11-12(6-10)19-9-18-11/h2-3,6,13,16H,1,4-5,7-9,15H2. The van der Waals surface area contributed by atoms with Crippen LogP contribution in [0.5, 0.6) is 11.5 Å². The summed E-state index contributed by atoms with van der Waals surface area (Å²) in [5, 5.41) is 10.7. The summed E-state index contributed by atoms with van der Waals surface area (Å²) in [7, 11) is 0. The van der Waals surface area contributed by atoms with Crippen molar-refractivity contribution in [3.05, 3.63) is 23.8 Å². The van der Waals surface area contributed by atoms with E-state index in [2.05, 4.69) is 0 Å². The molecule has 1 aromatic rings. The fourth-order valence-corrected chi connectivity index (χ4v) is 2.80. The van der Waals surface area contributed by atoms with Crippen LogP contribution in [0, 0.1) is 5.41 Å². The summed E-state index contributed by atoms with van der Waals surface area (Å²) >= 11 is 0. The number of hydrogen-bond donors (Lipinski definition) is 2. The minimum Gasteiger partial charge on any atom is -0.454 e. The highest BCUT2D eigenvalue weighted by Crippen LogP contribution is 2.42. The van der Waals surface area contributed by atoms with Gasteiger partial charge in [0.05, 0.1) is 12.7 Å². The minimum absolute atomic E-state index is 0.236. The number of hydrogen-bond acceptors (Lipinski definition) is 5. The molecular weight excluding hydrogens is 246 g/mol. The van der Waals surface area contributed by atoms with Crippen molar-refractivity contribution in [2.75, 3.05) is 26.6 Å². The predicted molar refractivity (Wildman–Crippen MR) is 69.1 cm³/mol. The van der Waals surface area contributed by atoms with Crippen LogP contribution >= 0.6 is 0 Å². The zero-order valence-electron chi connectivity index (χ0n) is 10.8. The predicted octanol–water partition coefficient (Wildman–Crippen LogP) is 1.20. The first-order valence-electron chi connectivity index (χ1n) is 6.61. The Balaban J connectivity index is 1.87. The normalized spacial score (nSPS) is 27.3. The van der Waals surface area contributed by atoms with Gasteiger partial charge in [-0.05, 0) is 30.5 Å². The molecule has 1 saturated heterocycles. The molecule has 3 rings (SSSR count). The Morgan fingerprint density at radius 2 is 2.16 bits per heavy atom. The van der Waals surface area contributed by atoms with E-state index in [-0.39, 0.29) is 6.79 Å². The molecule has 3 N–H and O–H groups in total. The largest absolute Gasteiger partial charge is 0.454 e. The number of fused-ring (bicyclic) bond motifs is 1. The molecule has 0 amide bonds. The Labute approximate surface area is 112 Å². The van der Waals surface area contributed by atoms with Gasteiger partial charge in [-0.2, -0.15) is 0 Å². The molecule has 0 aromatic heterocycles. The molecule has 1 aromatic carbocycles. The summed E-state index contributed by atoms with van der Waals surface area (Å²) < 4.78 is 16.1. The molecule has 1 fully saturated rings. The van der Waals surface area contributed by atoms with Gasteiger partial charge in [-0.15, -0.1) is 0 Å². The first kappa shape index (κ1) is 12.7. The van der Waals surface area contributed by atoms with Crippen LogP contribution in [0.15, 0.2) is 18.2 Å². The van der Waals surface area contributed by atoms with E-state index in [0.717, 1.165) is 30.8 Å². The van der Waals surface area contributed by atoms with E-state index in [1.54, 1.807) is 0 Å². The fourth-order valence-electron chi connectivity index (χ4n) is 2.80. The third kappa shape index (κ3) is 2.18. The SMILES string of the molecule is NCC1(C(O)c2ccc3c(c2)OCO3)CCCOC1. The molecule has 5 heteroatoms. The molecule has 5 nitrogen and oxygen atoms in total. The lowest BCUT2D eigenvalue weighted by Gasteiger charge is -2.40. The fraction of sp³-hybridized carbons (Fsp3) is 0.571. The van der Waals surface area contributed by atoms with Gasteiger partial charge in [0, 0.05) is 18.6 Å². The van der Waals surface area contributed by atoms with Crippen LogP contribution in [-0.2, 0) is 4.74 Å². The average molecular weight is 265 g/mol. The molecule has 19 heavy (non-hydrogen) atoms. The summed E-state index contributed by atoms with van der Waals surface area (Å²) in [6, 6.07) is 5.53. The smallest absolute Gasteiger partial charge is 0.231 e. The van der Waals surface area contributed by atoms with Gasteiger partial charge in [0.25, 0.3) is 0 Å². The zero-order valence-corrected chi connectivity index (χ0v) is 10.8. The van der Waals surface area contributed by atoms with E-state index < -0.39 is 11.5 Å². The topological polar surface area (TPSA) is 73.9 Å². The number of ether oxygens (including phenoxy) is 3. The third-order valence-electron chi connectivity index (χ3n) is 4.05. The maximum Gasteiger partial charge on any atom is 0.231 e. The van der Waals surface area contributed by atoms with Gasteiger partial charge in [-0.3, -0.25) is 0 Å². The van der Waals surface area contributed by atoms with E-state index in [4.69, 9.17) is 19.9 Å².